The third-order valence-electron chi connectivity index (χ3n) is 6.55. The van der Waals surface area contributed by atoms with Crippen molar-refractivity contribution in [3.8, 4) is 22.6 Å². The Bertz CT molecular complexity index is 1320. The fourth-order valence-electron chi connectivity index (χ4n) is 5.01. The van der Waals surface area contributed by atoms with Crippen LogP contribution in [0.2, 0.25) is 5.02 Å². The zero-order chi connectivity index (χ0) is 25.1. The standard InChI is InChI=1S/C26H27ClFN3O4/c1-13-6-5-7-16(32)17(13)18-20(27)23-19-22(21(18)28)29-12-30-24(19)31-9-8-14(10-15(31)11-34-23)25(33)35-26(2,3)4/h5-7,12,14-15,32H,8-11H2,1-4H3/t14?,15-/m0/s1. The number of benzene rings is 2. The van der Waals surface area contributed by atoms with Crippen LogP contribution in [0.5, 0.6) is 11.5 Å². The molecule has 0 bridgehead atoms. The molecule has 2 aliphatic rings. The third kappa shape index (κ3) is 4.03. The van der Waals surface area contributed by atoms with E-state index in [1.807, 2.05) is 25.7 Å². The maximum atomic E-state index is 16.0. The Hall–Kier alpha value is -3.13. The number of aromatic nitrogens is 2. The first kappa shape index (κ1) is 23.6. The highest BCUT2D eigenvalue weighted by molar-refractivity contribution is 6.36. The summed E-state index contributed by atoms with van der Waals surface area (Å²) in [6.45, 7) is 8.09. The van der Waals surface area contributed by atoms with Gasteiger partial charge in [-0.05, 0) is 52.2 Å². The van der Waals surface area contributed by atoms with Crippen molar-refractivity contribution in [2.75, 3.05) is 18.1 Å². The molecule has 2 aromatic carbocycles. The van der Waals surface area contributed by atoms with Crippen LogP contribution in [0.1, 0.15) is 39.2 Å². The molecule has 0 amide bonds. The van der Waals surface area contributed by atoms with E-state index in [0.717, 1.165) is 0 Å². The lowest BCUT2D eigenvalue weighted by Crippen LogP contribution is -2.48. The van der Waals surface area contributed by atoms with Crippen LogP contribution in [0.4, 0.5) is 10.2 Å². The zero-order valence-corrected chi connectivity index (χ0v) is 20.8. The van der Waals surface area contributed by atoms with Crippen LogP contribution in [0.3, 0.4) is 0 Å². The van der Waals surface area contributed by atoms with Crippen molar-refractivity contribution in [1.82, 2.24) is 9.97 Å². The van der Waals surface area contributed by atoms with E-state index in [9.17, 15) is 9.90 Å². The van der Waals surface area contributed by atoms with Gasteiger partial charge in [0.2, 0.25) is 0 Å². The van der Waals surface area contributed by atoms with Gasteiger partial charge in [0.15, 0.2) is 11.6 Å². The first-order valence-electron chi connectivity index (χ1n) is 11.6. The van der Waals surface area contributed by atoms with Crippen LogP contribution in [-0.2, 0) is 9.53 Å². The summed E-state index contributed by atoms with van der Waals surface area (Å²) < 4.78 is 27.8. The van der Waals surface area contributed by atoms with E-state index in [1.165, 1.54) is 12.4 Å². The van der Waals surface area contributed by atoms with Crippen molar-refractivity contribution in [3.05, 3.63) is 40.9 Å². The van der Waals surface area contributed by atoms with Gasteiger partial charge in [-0.25, -0.2) is 14.4 Å². The average molecular weight is 500 g/mol. The molecule has 184 valence electrons. The Morgan fingerprint density at radius 3 is 2.77 bits per heavy atom. The van der Waals surface area contributed by atoms with Crippen LogP contribution >= 0.6 is 11.6 Å². The fourth-order valence-corrected chi connectivity index (χ4v) is 5.33. The lowest BCUT2D eigenvalue weighted by Gasteiger charge is -2.38. The van der Waals surface area contributed by atoms with E-state index >= 15 is 4.39 Å². The summed E-state index contributed by atoms with van der Waals surface area (Å²) in [4.78, 5) is 23.5. The highest BCUT2D eigenvalue weighted by Gasteiger charge is 2.39. The molecule has 1 N–H and O–H groups in total. The van der Waals surface area contributed by atoms with Gasteiger partial charge in [-0.2, -0.15) is 0 Å². The average Bonchev–Trinajstić information content (AvgIpc) is 2.95. The second-order valence-electron chi connectivity index (χ2n) is 10.1. The highest BCUT2D eigenvalue weighted by atomic mass is 35.5. The number of phenols is 1. The molecule has 1 unspecified atom stereocenters. The molecule has 1 fully saturated rings. The number of fused-ring (bicyclic) bond motifs is 2. The van der Waals surface area contributed by atoms with Gasteiger partial charge in [-0.3, -0.25) is 4.79 Å². The molecular weight excluding hydrogens is 473 g/mol. The molecule has 0 saturated carbocycles. The van der Waals surface area contributed by atoms with E-state index < -0.39 is 11.4 Å². The van der Waals surface area contributed by atoms with Crippen molar-refractivity contribution < 1.29 is 23.8 Å². The second-order valence-corrected chi connectivity index (χ2v) is 10.5. The Morgan fingerprint density at radius 2 is 2.06 bits per heavy atom. The summed E-state index contributed by atoms with van der Waals surface area (Å²) >= 11 is 6.77. The maximum absolute atomic E-state index is 16.0. The third-order valence-corrected chi connectivity index (χ3v) is 6.91. The number of phenolic OH excluding ortho intramolecular Hbond substituents is 1. The van der Waals surface area contributed by atoms with Crippen LogP contribution in [-0.4, -0.2) is 45.8 Å². The van der Waals surface area contributed by atoms with E-state index in [4.69, 9.17) is 21.1 Å². The first-order valence-corrected chi connectivity index (χ1v) is 12.0. The Morgan fingerprint density at radius 1 is 1.29 bits per heavy atom. The minimum atomic E-state index is -0.646. The van der Waals surface area contributed by atoms with Gasteiger partial charge in [0.1, 0.15) is 35.6 Å². The van der Waals surface area contributed by atoms with Crippen molar-refractivity contribution in [2.24, 2.45) is 5.92 Å². The lowest BCUT2D eigenvalue weighted by molar-refractivity contribution is -0.161. The van der Waals surface area contributed by atoms with Crippen molar-refractivity contribution in [2.45, 2.75) is 52.2 Å². The van der Waals surface area contributed by atoms with Gasteiger partial charge in [0, 0.05) is 17.7 Å². The Labute approximate surface area is 207 Å². The largest absolute Gasteiger partial charge is 0.507 e. The molecule has 0 aliphatic carbocycles. The molecule has 35 heavy (non-hydrogen) atoms. The number of hydrogen-bond donors (Lipinski definition) is 1. The van der Waals surface area contributed by atoms with Crippen molar-refractivity contribution >= 4 is 34.3 Å². The van der Waals surface area contributed by atoms with Gasteiger partial charge in [0.05, 0.1) is 22.4 Å². The first-order chi connectivity index (χ1) is 16.6. The van der Waals surface area contributed by atoms with Gasteiger partial charge < -0.3 is 19.5 Å². The summed E-state index contributed by atoms with van der Waals surface area (Å²) in [5, 5.41) is 11.0. The van der Waals surface area contributed by atoms with Crippen LogP contribution in [0.15, 0.2) is 24.5 Å². The smallest absolute Gasteiger partial charge is 0.309 e. The van der Waals surface area contributed by atoms with Crippen molar-refractivity contribution in [1.29, 1.82) is 0 Å². The summed E-state index contributed by atoms with van der Waals surface area (Å²) in [6, 6.07) is 4.77. The lowest BCUT2D eigenvalue weighted by atomic mass is 9.90. The number of aromatic hydroxyl groups is 1. The Balaban J connectivity index is 1.60. The monoisotopic (exact) mass is 499 g/mol. The molecular formula is C26H27ClFN3O4. The van der Waals surface area contributed by atoms with Crippen molar-refractivity contribution in [3.63, 3.8) is 0 Å². The number of anilines is 1. The molecule has 3 aromatic rings. The normalized spacial score (nSPS) is 19.7. The number of ether oxygens (including phenoxy) is 2. The minimum absolute atomic E-state index is 0.0425. The topological polar surface area (TPSA) is 84.8 Å². The predicted octanol–water partition coefficient (Wildman–Crippen LogP) is 5.42. The number of carbonyl (C=O) groups excluding carboxylic acids is 1. The number of carbonyl (C=O) groups is 1. The number of rotatable bonds is 2. The number of halogens is 2. The minimum Gasteiger partial charge on any atom is -0.507 e. The van der Waals surface area contributed by atoms with Gasteiger partial charge in [-0.15, -0.1) is 0 Å². The van der Waals surface area contributed by atoms with Gasteiger partial charge in [0.25, 0.3) is 0 Å². The zero-order valence-electron chi connectivity index (χ0n) is 20.1. The van der Waals surface area contributed by atoms with Gasteiger partial charge in [-0.1, -0.05) is 23.7 Å². The van der Waals surface area contributed by atoms with E-state index in [0.29, 0.717) is 41.7 Å². The van der Waals surface area contributed by atoms with E-state index in [2.05, 4.69) is 9.97 Å². The van der Waals surface area contributed by atoms with E-state index in [-0.39, 0.29) is 52.1 Å². The van der Waals surface area contributed by atoms with Gasteiger partial charge >= 0.3 is 5.97 Å². The molecule has 0 radical (unpaired) electrons. The molecule has 5 rings (SSSR count). The quantitative estimate of drug-likeness (QED) is 0.471. The fraction of sp³-hybridized carbons (Fsp3) is 0.423. The molecule has 3 heterocycles. The summed E-state index contributed by atoms with van der Waals surface area (Å²) in [6.07, 6.45) is 2.42. The summed E-state index contributed by atoms with van der Waals surface area (Å²) in [5.74, 6) is -0.431. The molecule has 2 atom stereocenters. The molecule has 0 spiro atoms. The number of esters is 1. The number of aryl methyl sites for hydroxylation is 1. The highest BCUT2D eigenvalue weighted by Crippen LogP contribution is 2.50. The molecule has 7 nitrogen and oxygen atoms in total. The molecule has 9 heteroatoms. The second kappa shape index (κ2) is 8.52. The molecule has 1 saturated heterocycles. The SMILES string of the molecule is Cc1cccc(O)c1-c1c(Cl)c2c3c(ncnc3c1F)N1CCC(C(=O)OC(C)(C)C)C[C@H]1CO2. The molecule has 2 aliphatic heterocycles. The Kier molecular flexibility index (Phi) is 5.74. The van der Waals surface area contributed by atoms with Crippen LogP contribution in [0.25, 0.3) is 22.0 Å². The van der Waals surface area contributed by atoms with E-state index in [1.54, 1.807) is 19.1 Å². The summed E-state index contributed by atoms with van der Waals surface area (Å²) in [7, 11) is 0. The van der Waals surface area contributed by atoms with Crippen LogP contribution < -0.4 is 9.64 Å². The molecule has 1 aromatic heterocycles. The predicted molar refractivity (Wildman–Crippen MR) is 132 cm³/mol. The maximum Gasteiger partial charge on any atom is 0.309 e. The number of nitrogens with zero attached hydrogens (tertiary/aromatic N) is 3. The number of hydrogen-bond acceptors (Lipinski definition) is 7. The summed E-state index contributed by atoms with van der Waals surface area (Å²) in [5.41, 5.74) is 0.510. The number of piperidine rings is 1. The van der Waals surface area contributed by atoms with Crippen LogP contribution in [0, 0.1) is 18.7 Å².